The van der Waals surface area contributed by atoms with Crippen LogP contribution in [0, 0.1) is 5.92 Å². The van der Waals surface area contributed by atoms with Gasteiger partial charge in [-0.2, -0.15) is 0 Å². The van der Waals surface area contributed by atoms with E-state index in [0.717, 1.165) is 28.3 Å². The second-order valence-electron chi connectivity index (χ2n) is 5.35. The lowest BCUT2D eigenvalue weighted by atomic mass is 9.93. The molecule has 1 fully saturated rings. The number of likely N-dealkylation sites (tertiary alicyclic amines) is 1. The van der Waals surface area contributed by atoms with Crippen molar-refractivity contribution in [2.24, 2.45) is 5.92 Å². The molecule has 0 aromatic heterocycles. The van der Waals surface area contributed by atoms with Crippen molar-refractivity contribution < 1.29 is 14.7 Å². The predicted molar refractivity (Wildman–Crippen MR) is 87.3 cm³/mol. The Hall–Kier alpha value is -0.880. The largest absolute Gasteiger partial charge is 0.481 e. The van der Waals surface area contributed by atoms with Crippen LogP contribution in [0.2, 0.25) is 0 Å². The van der Waals surface area contributed by atoms with E-state index in [4.69, 9.17) is 5.11 Å². The second kappa shape index (κ2) is 7.40. The maximum atomic E-state index is 12.6. The van der Waals surface area contributed by atoms with Gasteiger partial charge in [0.05, 0.1) is 0 Å². The highest BCUT2D eigenvalue weighted by atomic mass is 79.9. The number of hydrogen-bond donors (Lipinski definition) is 1. The lowest BCUT2D eigenvalue weighted by molar-refractivity contribution is -0.137. The van der Waals surface area contributed by atoms with Gasteiger partial charge in [-0.3, -0.25) is 9.59 Å². The van der Waals surface area contributed by atoms with Gasteiger partial charge in [-0.25, -0.2) is 0 Å². The quantitative estimate of drug-likeness (QED) is 0.805. The standard InChI is InChI=1S/C15H17Br2NO3/c16-12-6-11(7-13(17)8-12)15(21)18-5-1-2-10(9-18)3-4-14(19)20/h6-8,10H,1-5,9H2,(H,19,20). The van der Waals surface area contributed by atoms with Gasteiger partial charge in [0.15, 0.2) is 0 Å². The van der Waals surface area contributed by atoms with Crippen molar-refractivity contribution in [3.63, 3.8) is 0 Å². The van der Waals surface area contributed by atoms with E-state index >= 15 is 0 Å². The number of hydrogen-bond acceptors (Lipinski definition) is 2. The molecule has 0 radical (unpaired) electrons. The van der Waals surface area contributed by atoms with Crippen molar-refractivity contribution in [1.82, 2.24) is 4.90 Å². The number of benzene rings is 1. The number of amides is 1. The molecule has 4 nitrogen and oxygen atoms in total. The zero-order valence-electron chi connectivity index (χ0n) is 11.5. The summed E-state index contributed by atoms with van der Waals surface area (Å²) in [5, 5.41) is 8.77. The first-order valence-corrected chi connectivity index (χ1v) is 8.51. The number of nitrogens with zero attached hydrogens (tertiary/aromatic N) is 1. The van der Waals surface area contributed by atoms with Gasteiger partial charge in [0.25, 0.3) is 5.91 Å². The van der Waals surface area contributed by atoms with Crippen molar-refractivity contribution in [1.29, 1.82) is 0 Å². The fraction of sp³-hybridized carbons (Fsp3) is 0.467. The molecule has 1 N–H and O–H groups in total. The van der Waals surface area contributed by atoms with Gasteiger partial charge >= 0.3 is 5.97 Å². The highest BCUT2D eigenvalue weighted by molar-refractivity contribution is 9.11. The van der Waals surface area contributed by atoms with E-state index in [0.29, 0.717) is 18.5 Å². The Labute approximate surface area is 140 Å². The van der Waals surface area contributed by atoms with Gasteiger partial charge in [0, 0.05) is 34.0 Å². The Morgan fingerprint density at radius 2 is 1.90 bits per heavy atom. The average Bonchev–Trinajstić information content (AvgIpc) is 2.43. The van der Waals surface area contributed by atoms with Crippen LogP contribution in [0.3, 0.4) is 0 Å². The van der Waals surface area contributed by atoms with Crippen molar-refractivity contribution >= 4 is 43.7 Å². The fourth-order valence-corrected chi connectivity index (χ4v) is 3.97. The Bertz CT molecular complexity index is 527. The van der Waals surface area contributed by atoms with Gasteiger partial charge in [0.2, 0.25) is 0 Å². The van der Waals surface area contributed by atoms with Crippen LogP contribution in [0.25, 0.3) is 0 Å². The van der Waals surface area contributed by atoms with E-state index in [2.05, 4.69) is 31.9 Å². The van der Waals surface area contributed by atoms with Crippen molar-refractivity contribution in [3.8, 4) is 0 Å². The summed E-state index contributed by atoms with van der Waals surface area (Å²) in [4.78, 5) is 25.1. The highest BCUT2D eigenvalue weighted by Gasteiger charge is 2.25. The zero-order chi connectivity index (χ0) is 15.4. The Balaban J connectivity index is 2.03. The Morgan fingerprint density at radius 3 is 2.52 bits per heavy atom. The zero-order valence-corrected chi connectivity index (χ0v) is 14.7. The molecule has 1 atom stereocenters. The molecule has 1 amide bonds. The number of halogens is 2. The highest BCUT2D eigenvalue weighted by Crippen LogP contribution is 2.25. The van der Waals surface area contributed by atoms with Gasteiger partial charge < -0.3 is 10.0 Å². The lowest BCUT2D eigenvalue weighted by Gasteiger charge is -2.32. The monoisotopic (exact) mass is 417 g/mol. The van der Waals surface area contributed by atoms with E-state index in [9.17, 15) is 9.59 Å². The Kier molecular flexibility index (Phi) is 5.81. The molecule has 6 heteroatoms. The third-order valence-electron chi connectivity index (χ3n) is 3.68. The number of carboxylic acid groups (broad SMARTS) is 1. The smallest absolute Gasteiger partial charge is 0.303 e. The van der Waals surface area contributed by atoms with Crippen molar-refractivity contribution in [2.45, 2.75) is 25.7 Å². The van der Waals surface area contributed by atoms with E-state index in [1.165, 1.54) is 0 Å². The maximum Gasteiger partial charge on any atom is 0.303 e. The SMILES string of the molecule is O=C(O)CCC1CCCN(C(=O)c2cc(Br)cc(Br)c2)C1. The molecule has 1 unspecified atom stereocenters. The number of carbonyl (C=O) groups is 2. The predicted octanol–water partition coefficient (Wildman–Crippen LogP) is 3.93. The van der Waals surface area contributed by atoms with Crippen LogP contribution in [0.4, 0.5) is 0 Å². The molecule has 0 aliphatic carbocycles. The average molecular weight is 419 g/mol. The molecule has 2 rings (SSSR count). The molecule has 0 spiro atoms. The molecule has 1 aromatic rings. The molecule has 1 aromatic carbocycles. The van der Waals surface area contributed by atoms with Gasteiger partial charge in [-0.15, -0.1) is 0 Å². The van der Waals surface area contributed by atoms with Gasteiger partial charge in [-0.05, 0) is 43.4 Å². The number of carboxylic acids is 1. The van der Waals surface area contributed by atoms with Crippen LogP contribution in [0.1, 0.15) is 36.0 Å². The van der Waals surface area contributed by atoms with Gasteiger partial charge in [0.1, 0.15) is 0 Å². The molecule has 21 heavy (non-hydrogen) atoms. The Morgan fingerprint density at radius 1 is 1.24 bits per heavy atom. The summed E-state index contributed by atoms with van der Waals surface area (Å²) < 4.78 is 1.72. The van der Waals surface area contributed by atoms with E-state index in [-0.39, 0.29) is 18.2 Å². The first kappa shape index (κ1) is 16.5. The minimum absolute atomic E-state index is 0.0111. The normalized spacial score (nSPS) is 18.6. The van der Waals surface area contributed by atoms with E-state index in [1.807, 2.05) is 23.1 Å². The van der Waals surface area contributed by atoms with Crippen LogP contribution in [-0.2, 0) is 4.79 Å². The third kappa shape index (κ3) is 4.81. The number of aliphatic carboxylic acids is 1. The molecular weight excluding hydrogens is 402 g/mol. The summed E-state index contributed by atoms with van der Waals surface area (Å²) in [6.07, 6.45) is 2.75. The topological polar surface area (TPSA) is 57.6 Å². The van der Waals surface area contributed by atoms with Crippen molar-refractivity contribution in [2.75, 3.05) is 13.1 Å². The molecule has 0 bridgehead atoms. The van der Waals surface area contributed by atoms with Gasteiger partial charge in [-0.1, -0.05) is 31.9 Å². The molecular formula is C15H17Br2NO3. The number of carbonyl (C=O) groups excluding carboxylic acids is 1. The lowest BCUT2D eigenvalue weighted by Crippen LogP contribution is -2.40. The molecule has 1 aliphatic heterocycles. The van der Waals surface area contributed by atoms with E-state index < -0.39 is 5.97 Å². The van der Waals surface area contributed by atoms with Crippen molar-refractivity contribution in [3.05, 3.63) is 32.7 Å². The summed E-state index contributed by atoms with van der Waals surface area (Å²) in [6, 6.07) is 5.52. The van der Waals surface area contributed by atoms with Crippen LogP contribution < -0.4 is 0 Å². The number of piperidine rings is 1. The van der Waals surface area contributed by atoms with Crippen LogP contribution in [0.15, 0.2) is 27.1 Å². The minimum atomic E-state index is -0.769. The number of rotatable bonds is 4. The summed E-state index contributed by atoms with van der Waals surface area (Å²) >= 11 is 6.78. The first-order chi connectivity index (χ1) is 9.95. The first-order valence-electron chi connectivity index (χ1n) is 6.93. The summed E-state index contributed by atoms with van der Waals surface area (Å²) in [5.41, 5.74) is 0.648. The minimum Gasteiger partial charge on any atom is -0.481 e. The van der Waals surface area contributed by atoms with Crippen LogP contribution in [0.5, 0.6) is 0 Å². The molecule has 1 aliphatic rings. The molecule has 0 saturated carbocycles. The molecule has 1 heterocycles. The van der Waals surface area contributed by atoms with E-state index in [1.54, 1.807) is 0 Å². The second-order valence-corrected chi connectivity index (χ2v) is 7.18. The maximum absolute atomic E-state index is 12.6. The van der Waals surface area contributed by atoms with Crippen LogP contribution >= 0.6 is 31.9 Å². The summed E-state index contributed by atoms with van der Waals surface area (Å²) in [6.45, 7) is 1.39. The summed E-state index contributed by atoms with van der Waals surface area (Å²) in [5.74, 6) is -0.471. The fourth-order valence-electron chi connectivity index (χ4n) is 2.67. The molecule has 114 valence electrons. The third-order valence-corrected chi connectivity index (χ3v) is 4.60. The van der Waals surface area contributed by atoms with Crippen LogP contribution in [-0.4, -0.2) is 35.0 Å². The summed E-state index contributed by atoms with van der Waals surface area (Å²) in [7, 11) is 0. The molecule has 1 saturated heterocycles.